The van der Waals surface area contributed by atoms with Crippen molar-refractivity contribution in [2.24, 2.45) is 0 Å². The minimum absolute atomic E-state index is 0.226. The first-order chi connectivity index (χ1) is 12.0. The summed E-state index contributed by atoms with van der Waals surface area (Å²) >= 11 is 3.14. The van der Waals surface area contributed by atoms with E-state index in [0.717, 1.165) is 6.08 Å². The van der Waals surface area contributed by atoms with Crippen LogP contribution in [0.2, 0.25) is 0 Å². The Balaban J connectivity index is 1.76. The van der Waals surface area contributed by atoms with Gasteiger partial charge >= 0.3 is 0 Å². The maximum absolute atomic E-state index is 13.6. The van der Waals surface area contributed by atoms with Crippen molar-refractivity contribution in [3.63, 3.8) is 0 Å². The van der Waals surface area contributed by atoms with E-state index in [2.05, 4.69) is 33.1 Å². The Hall–Kier alpha value is -2.67. The molecule has 0 aliphatic carbocycles. The highest BCUT2D eigenvalue weighted by molar-refractivity contribution is 9.10. The van der Waals surface area contributed by atoms with E-state index < -0.39 is 5.82 Å². The van der Waals surface area contributed by atoms with Crippen LogP contribution in [0.3, 0.4) is 0 Å². The standard InChI is InChI=1S/C18H14BrFN2O3/c1-2-17(23)21-11-5-3-4-10(6-11)18(24)22-15-9-25-16-8-14(20)13(19)7-12(15)16/h2-8,15H,1,9H2,(H,21,23)(H,22,24). The van der Waals surface area contributed by atoms with Crippen LogP contribution >= 0.6 is 15.9 Å². The lowest BCUT2D eigenvalue weighted by Gasteiger charge is -2.13. The van der Waals surface area contributed by atoms with Gasteiger partial charge < -0.3 is 15.4 Å². The molecule has 0 saturated carbocycles. The summed E-state index contributed by atoms with van der Waals surface area (Å²) in [5, 5.41) is 5.45. The van der Waals surface area contributed by atoms with Crippen LogP contribution in [0, 0.1) is 5.82 Å². The molecule has 0 spiro atoms. The third-order valence-electron chi connectivity index (χ3n) is 3.72. The molecule has 1 aliphatic heterocycles. The van der Waals surface area contributed by atoms with E-state index >= 15 is 0 Å². The van der Waals surface area contributed by atoms with Gasteiger partial charge in [0.1, 0.15) is 18.2 Å². The third-order valence-corrected chi connectivity index (χ3v) is 4.32. The largest absolute Gasteiger partial charge is 0.491 e. The van der Waals surface area contributed by atoms with Crippen LogP contribution in [0.4, 0.5) is 10.1 Å². The number of nitrogens with one attached hydrogen (secondary N) is 2. The Kier molecular flexibility index (Phi) is 4.85. The molecule has 7 heteroatoms. The molecule has 2 N–H and O–H groups in total. The van der Waals surface area contributed by atoms with Crippen LogP contribution in [0.1, 0.15) is 22.0 Å². The van der Waals surface area contributed by atoms with Gasteiger partial charge in [-0.3, -0.25) is 9.59 Å². The first-order valence-corrected chi connectivity index (χ1v) is 8.23. The number of amides is 2. The highest BCUT2D eigenvalue weighted by Crippen LogP contribution is 2.36. The summed E-state index contributed by atoms with van der Waals surface area (Å²) in [7, 11) is 0. The predicted molar refractivity (Wildman–Crippen MR) is 95.1 cm³/mol. The van der Waals surface area contributed by atoms with Gasteiger partial charge in [0, 0.05) is 22.9 Å². The number of fused-ring (bicyclic) bond motifs is 1. The summed E-state index contributed by atoms with van der Waals surface area (Å²) in [4.78, 5) is 23.8. The second-order valence-electron chi connectivity index (χ2n) is 5.42. The fraction of sp³-hybridized carbons (Fsp3) is 0.111. The molecule has 3 rings (SSSR count). The van der Waals surface area contributed by atoms with Gasteiger partial charge in [0.25, 0.3) is 5.91 Å². The summed E-state index contributed by atoms with van der Waals surface area (Å²) in [6.45, 7) is 3.61. The average molecular weight is 405 g/mol. The van der Waals surface area contributed by atoms with E-state index in [1.54, 1.807) is 30.3 Å². The molecule has 1 heterocycles. The maximum Gasteiger partial charge on any atom is 0.251 e. The third kappa shape index (κ3) is 3.71. The van der Waals surface area contributed by atoms with Gasteiger partial charge in [-0.2, -0.15) is 0 Å². The van der Waals surface area contributed by atoms with Crippen molar-refractivity contribution in [2.75, 3.05) is 11.9 Å². The summed E-state index contributed by atoms with van der Waals surface area (Å²) in [6, 6.07) is 9.04. The minimum Gasteiger partial charge on any atom is -0.491 e. The summed E-state index contributed by atoms with van der Waals surface area (Å²) < 4.78 is 19.3. The van der Waals surface area contributed by atoms with Crippen molar-refractivity contribution >= 4 is 33.4 Å². The van der Waals surface area contributed by atoms with Crippen molar-refractivity contribution in [3.8, 4) is 5.75 Å². The molecule has 1 unspecified atom stereocenters. The van der Waals surface area contributed by atoms with Crippen molar-refractivity contribution < 1.29 is 18.7 Å². The van der Waals surface area contributed by atoms with Crippen LogP contribution in [0.25, 0.3) is 0 Å². The highest BCUT2D eigenvalue weighted by Gasteiger charge is 2.27. The molecule has 2 aromatic carbocycles. The summed E-state index contributed by atoms with van der Waals surface area (Å²) in [5.74, 6) is -0.687. The maximum atomic E-state index is 13.6. The number of hydrogen-bond donors (Lipinski definition) is 2. The zero-order valence-corrected chi connectivity index (χ0v) is 14.6. The predicted octanol–water partition coefficient (Wildman–Crippen LogP) is 3.58. The first-order valence-electron chi connectivity index (χ1n) is 7.44. The van der Waals surface area contributed by atoms with E-state index in [1.807, 2.05) is 0 Å². The van der Waals surface area contributed by atoms with E-state index in [-0.39, 0.29) is 24.5 Å². The smallest absolute Gasteiger partial charge is 0.251 e. The van der Waals surface area contributed by atoms with Gasteiger partial charge in [-0.25, -0.2) is 4.39 Å². The Labute approximate surface area is 152 Å². The second kappa shape index (κ2) is 7.06. The highest BCUT2D eigenvalue weighted by atomic mass is 79.9. The zero-order chi connectivity index (χ0) is 18.0. The topological polar surface area (TPSA) is 67.4 Å². The van der Waals surface area contributed by atoms with Crippen LogP contribution in [0.15, 0.2) is 53.5 Å². The molecule has 128 valence electrons. The zero-order valence-electron chi connectivity index (χ0n) is 13.0. The molecule has 0 aromatic heterocycles. The van der Waals surface area contributed by atoms with Crippen molar-refractivity contribution in [3.05, 3.63) is 70.5 Å². The Morgan fingerprint density at radius 2 is 2.12 bits per heavy atom. The lowest BCUT2D eigenvalue weighted by atomic mass is 10.1. The number of rotatable bonds is 4. The molecule has 5 nitrogen and oxygen atoms in total. The quantitative estimate of drug-likeness (QED) is 0.765. The molecular weight excluding hydrogens is 391 g/mol. The van der Waals surface area contributed by atoms with Crippen molar-refractivity contribution in [1.29, 1.82) is 0 Å². The number of ether oxygens (including phenoxy) is 1. The number of hydrogen-bond acceptors (Lipinski definition) is 3. The minimum atomic E-state index is -0.420. The second-order valence-corrected chi connectivity index (χ2v) is 6.27. The lowest BCUT2D eigenvalue weighted by Crippen LogP contribution is -2.29. The Bertz CT molecular complexity index is 869. The molecule has 25 heavy (non-hydrogen) atoms. The molecule has 0 saturated heterocycles. The van der Waals surface area contributed by atoms with Gasteiger partial charge in [0.15, 0.2) is 0 Å². The Morgan fingerprint density at radius 1 is 1.32 bits per heavy atom. The molecular formula is C18H14BrFN2O3. The fourth-order valence-corrected chi connectivity index (χ4v) is 2.86. The number of benzene rings is 2. The molecule has 1 aliphatic rings. The van der Waals surface area contributed by atoms with E-state index in [1.165, 1.54) is 6.07 Å². The van der Waals surface area contributed by atoms with Crippen LogP contribution in [-0.2, 0) is 4.79 Å². The molecule has 0 fully saturated rings. The van der Waals surface area contributed by atoms with Gasteiger partial charge in [-0.1, -0.05) is 12.6 Å². The number of halogens is 2. The molecule has 2 amide bonds. The fourth-order valence-electron chi connectivity index (χ4n) is 2.50. The molecule has 0 radical (unpaired) electrons. The number of carbonyl (C=O) groups is 2. The van der Waals surface area contributed by atoms with E-state index in [0.29, 0.717) is 27.0 Å². The summed E-state index contributed by atoms with van der Waals surface area (Å²) in [5.41, 5.74) is 1.58. The molecule has 2 aromatic rings. The van der Waals surface area contributed by atoms with Crippen LogP contribution in [0.5, 0.6) is 5.75 Å². The average Bonchev–Trinajstić information content (AvgIpc) is 2.97. The van der Waals surface area contributed by atoms with Crippen LogP contribution in [-0.4, -0.2) is 18.4 Å². The summed E-state index contributed by atoms with van der Waals surface area (Å²) in [6.07, 6.45) is 1.15. The number of carbonyl (C=O) groups excluding carboxylic acids is 2. The van der Waals surface area contributed by atoms with Gasteiger partial charge in [-0.15, -0.1) is 0 Å². The molecule has 0 bridgehead atoms. The monoisotopic (exact) mass is 404 g/mol. The van der Waals surface area contributed by atoms with E-state index in [4.69, 9.17) is 4.74 Å². The van der Waals surface area contributed by atoms with Crippen molar-refractivity contribution in [2.45, 2.75) is 6.04 Å². The van der Waals surface area contributed by atoms with Gasteiger partial charge in [-0.05, 0) is 46.3 Å². The normalized spacial score (nSPS) is 15.0. The van der Waals surface area contributed by atoms with Crippen molar-refractivity contribution in [1.82, 2.24) is 5.32 Å². The first kappa shape index (κ1) is 17.2. The van der Waals surface area contributed by atoms with E-state index in [9.17, 15) is 14.0 Å². The number of anilines is 1. The van der Waals surface area contributed by atoms with Gasteiger partial charge in [0.05, 0.1) is 10.5 Å². The van der Waals surface area contributed by atoms with Gasteiger partial charge in [0.2, 0.25) is 5.91 Å². The molecule has 1 atom stereocenters. The van der Waals surface area contributed by atoms with Crippen LogP contribution < -0.4 is 15.4 Å². The SMILES string of the molecule is C=CC(=O)Nc1cccc(C(=O)NC2COc3cc(F)c(Br)cc32)c1. The lowest BCUT2D eigenvalue weighted by molar-refractivity contribution is -0.111. The Morgan fingerprint density at radius 3 is 2.88 bits per heavy atom.